The van der Waals surface area contributed by atoms with Crippen molar-refractivity contribution in [3.63, 3.8) is 0 Å². The van der Waals surface area contributed by atoms with Gasteiger partial charge in [-0.2, -0.15) is 0 Å². The van der Waals surface area contributed by atoms with Crippen LogP contribution in [-0.2, 0) is 0 Å². The summed E-state index contributed by atoms with van der Waals surface area (Å²) in [5.74, 6) is 0. The van der Waals surface area contributed by atoms with E-state index < -0.39 is 0 Å². The molecule has 3 nitrogen and oxygen atoms in total. The fourth-order valence-electron chi connectivity index (χ4n) is 0.578. The van der Waals surface area contributed by atoms with Gasteiger partial charge < -0.3 is 5.32 Å². The Morgan fingerprint density at radius 2 is 2.33 bits per heavy atom. The highest BCUT2D eigenvalue weighted by Gasteiger charge is 1.96. The lowest BCUT2D eigenvalue weighted by Crippen LogP contribution is -2.45. The van der Waals surface area contributed by atoms with E-state index in [0.717, 1.165) is 6.42 Å². The lowest BCUT2D eigenvalue weighted by atomic mass is 10.4. The van der Waals surface area contributed by atoms with E-state index in [1.165, 1.54) is 0 Å². The molecule has 1 atom stereocenters. The standard InChI is InChI=1S/C6H15N3/c1-4-6(8-5-2)9-7-3/h5-9H,2,4H2,1,3H3. The van der Waals surface area contributed by atoms with Crippen molar-refractivity contribution >= 4 is 0 Å². The van der Waals surface area contributed by atoms with Crippen molar-refractivity contribution in [2.45, 2.75) is 19.5 Å². The summed E-state index contributed by atoms with van der Waals surface area (Å²) in [6.07, 6.45) is 2.98. The average molecular weight is 129 g/mol. The number of hydrogen-bond acceptors (Lipinski definition) is 3. The molecule has 0 aromatic carbocycles. The van der Waals surface area contributed by atoms with E-state index in [1.807, 2.05) is 7.05 Å². The van der Waals surface area contributed by atoms with Gasteiger partial charge in [-0.3, -0.25) is 5.43 Å². The summed E-state index contributed by atoms with van der Waals surface area (Å²) in [6, 6.07) is 0. The minimum Gasteiger partial charge on any atom is -0.375 e. The molecule has 0 aromatic rings. The molecule has 1 unspecified atom stereocenters. The zero-order chi connectivity index (χ0) is 7.11. The zero-order valence-electron chi connectivity index (χ0n) is 6.07. The van der Waals surface area contributed by atoms with Gasteiger partial charge in [0.1, 0.15) is 0 Å². The molecule has 0 aliphatic heterocycles. The van der Waals surface area contributed by atoms with Crippen molar-refractivity contribution in [3.8, 4) is 0 Å². The minimum atomic E-state index is 0.285. The summed E-state index contributed by atoms with van der Waals surface area (Å²) in [6.45, 7) is 5.64. The Kier molecular flexibility index (Phi) is 5.26. The maximum absolute atomic E-state index is 3.55. The summed E-state index contributed by atoms with van der Waals surface area (Å²) < 4.78 is 0. The first kappa shape index (κ1) is 8.46. The Morgan fingerprint density at radius 1 is 1.67 bits per heavy atom. The first-order chi connectivity index (χ1) is 4.35. The second kappa shape index (κ2) is 5.59. The van der Waals surface area contributed by atoms with Crippen molar-refractivity contribution in [3.05, 3.63) is 12.8 Å². The van der Waals surface area contributed by atoms with Crippen molar-refractivity contribution in [1.82, 2.24) is 16.2 Å². The van der Waals surface area contributed by atoms with Crippen LogP contribution in [0.2, 0.25) is 0 Å². The Morgan fingerprint density at radius 3 is 2.67 bits per heavy atom. The smallest absolute Gasteiger partial charge is 0.0888 e. The highest BCUT2D eigenvalue weighted by atomic mass is 15.4. The van der Waals surface area contributed by atoms with E-state index in [2.05, 4.69) is 29.7 Å². The van der Waals surface area contributed by atoms with Gasteiger partial charge in [0.2, 0.25) is 0 Å². The molecule has 0 aliphatic rings. The Balaban J connectivity index is 3.28. The lowest BCUT2D eigenvalue weighted by molar-refractivity contribution is 0.415. The van der Waals surface area contributed by atoms with Crippen LogP contribution < -0.4 is 16.2 Å². The largest absolute Gasteiger partial charge is 0.375 e. The number of hydrazine groups is 1. The van der Waals surface area contributed by atoms with Crippen molar-refractivity contribution < 1.29 is 0 Å². The van der Waals surface area contributed by atoms with E-state index in [0.29, 0.717) is 0 Å². The van der Waals surface area contributed by atoms with Crippen molar-refractivity contribution in [1.29, 1.82) is 0 Å². The van der Waals surface area contributed by atoms with Crippen LogP contribution in [0.4, 0.5) is 0 Å². The van der Waals surface area contributed by atoms with Gasteiger partial charge in [-0.1, -0.05) is 13.5 Å². The van der Waals surface area contributed by atoms with Crippen LogP contribution in [0.1, 0.15) is 13.3 Å². The molecule has 0 heterocycles. The molecule has 0 saturated carbocycles. The fraction of sp³-hybridized carbons (Fsp3) is 0.667. The van der Waals surface area contributed by atoms with Crippen LogP contribution in [-0.4, -0.2) is 13.2 Å². The topological polar surface area (TPSA) is 36.1 Å². The second-order valence-electron chi connectivity index (χ2n) is 1.73. The molecule has 0 saturated heterocycles. The molecule has 0 rings (SSSR count). The number of hydrogen-bond donors (Lipinski definition) is 3. The van der Waals surface area contributed by atoms with Gasteiger partial charge in [-0.15, -0.1) is 0 Å². The molecule has 54 valence electrons. The molecule has 0 amide bonds. The van der Waals surface area contributed by atoms with E-state index in [4.69, 9.17) is 0 Å². The summed E-state index contributed by atoms with van der Waals surface area (Å²) in [5.41, 5.74) is 5.84. The molecule has 0 spiro atoms. The molecule has 0 bridgehead atoms. The molecular weight excluding hydrogens is 114 g/mol. The zero-order valence-corrected chi connectivity index (χ0v) is 6.07. The highest BCUT2D eigenvalue weighted by Crippen LogP contribution is 1.81. The van der Waals surface area contributed by atoms with Gasteiger partial charge in [0, 0.05) is 0 Å². The van der Waals surface area contributed by atoms with Crippen molar-refractivity contribution in [2.75, 3.05) is 7.05 Å². The molecule has 9 heavy (non-hydrogen) atoms. The SMILES string of the molecule is C=CNC(CC)NNC. The summed E-state index contributed by atoms with van der Waals surface area (Å²) in [4.78, 5) is 0. The molecular formula is C6H15N3. The van der Waals surface area contributed by atoms with Crippen molar-refractivity contribution in [2.24, 2.45) is 0 Å². The lowest BCUT2D eigenvalue weighted by Gasteiger charge is -2.15. The van der Waals surface area contributed by atoms with Crippen LogP contribution in [0.5, 0.6) is 0 Å². The molecule has 0 radical (unpaired) electrons. The predicted octanol–water partition coefficient (Wildman–Crippen LogP) is 0.180. The average Bonchev–Trinajstić information content (AvgIpc) is 1.88. The Labute approximate surface area is 56.5 Å². The first-order valence-corrected chi connectivity index (χ1v) is 3.14. The van der Waals surface area contributed by atoms with E-state index in [-0.39, 0.29) is 6.17 Å². The van der Waals surface area contributed by atoms with Gasteiger partial charge in [0.05, 0.1) is 6.17 Å². The first-order valence-electron chi connectivity index (χ1n) is 3.14. The van der Waals surface area contributed by atoms with E-state index >= 15 is 0 Å². The summed E-state index contributed by atoms with van der Waals surface area (Å²) in [5, 5.41) is 3.02. The molecule has 0 aromatic heterocycles. The maximum Gasteiger partial charge on any atom is 0.0888 e. The number of rotatable bonds is 5. The predicted molar refractivity (Wildman–Crippen MR) is 39.6 cm³/mol. The Bertz CT molecular complexity index is 72.7. The summed E-state index contributed by atoms with van der Waals surface area (Å²) >= 11 is 0. The van der Waals surface area contributed by atoms with Crippen LogP contribution in [0.15, 0.2) is 12.8 Å². The maximum atomic E-state index is 3.55. The third kappa shape index (κ3) is 4.00. The van der Waals surface area contributed by atoms with Gasteiger partial charge >= 0.3 is 0 Å². The monoisotopic (exact) mass is 129 g/mol. The number of nitrogens with one attached hydrogen (secondary N) is 3. The van der Waals surface area contributed by atoms with Crippen LogP contribution >= 0.6 is 0 Å². The Hall–Kier alpha value is -0.540. The van der Waals surface area contributed by atoms with E-state index in [1.54, 1.807) is 6.20 Å². The molecule has 0 aliphatic carbocycles. The second-order valence-corrected chi connectivity index (χ2v) is 1.73. The highest BCUT2D eigenvalue weighted by molar-refractivity contribution is 4.68. The van der Waals surface area contributed by atoms with Crippen LogP contribution in [0, 0.1) is 0 Å². The third-order valence-corrected chi connectivity index (χ3v) is 1.05. The normalized spacial score (nSPS) is 12.7. The molecule has 3 heteroatoms. The van der Waals surface area contributed by atoms with Crippen LogP contribution in [0.3, 0.4) is 0 Å². The minimum absolute atomic E-state index is 0.285. The van der Waals surface area contributed by atoms with Gasteiger partial charge in [-0.25, -0.2) is 5.43 Å². The third-order valence-electron chi connectivity index (χ3n) is 1.05. The quantitative estimate of drug-likeness (QED) is 0.366. The fourth-order valence-corrected chi connectivity index (χ4v) is 0.578. The van der Waals surface area contributed by atoms with Gasteiger partial charge in [-0.05, 0) is 19.7 Å². The summed E-state index contributed by atoms with van der Waals surface area (Å²) in [7, 11) is 1.84. The van der Waals surface area contributed by atoms with E-state index in [9.17, 15) is 0 Å². The van der Waals surface area contributed by atoms with Crippen LogP contribution in [0.25, 0.3) is 0 Å². The van der Waals surface area contributed by atoms with Gasteiger partial charge in [0.15, 0.2) is 0 Å². The molecule has 0 fully saturated rings. The van der Waals surface area contributed by atoms with Gasteiger partial charge in [0.25, 0.3) is 0 Å². The molecule has 3 N–H and O–H groups in total.